The molecule has 0 radical (unpaired) electrons. The lowest BCUT2D eigenvalue weighted by Gasteiger charge is -2.11. The minimum Gasteiger partial charge on any atom is -0.389 e. The third-order valence-corrected chi connectivity index (χ3v) is 4.53. The summed E-state index contributed by atoms with van der Waals surface area (Å²) in [6.45, 7) is 0.0168. The third kappa shape index (κ3) is 4.71. The fourth-order valence-electron chi connectivity index (χ4n) is 1.68. The van der Waals surface area contributed by atoms with Gasteiger partial charge in [-0.15, -0.1) is 11.3 Å². The number of thiophene rings is 1. The van der Waals surface area contributed by atoms with E-state index in [-0.39, 0.29) is 13.1 Å². The van der Waals surface area contributed by atoms with Crippen LogP contribution in [0.5, 0.6) is 0 Å². The highest BCUT2D eigenvalue weighted by Crippen LogP contribution is 2.32. The number of allylic oxidation sites excluding steroid dienone is 1. The first kappa shape index (κ1) is 18.3. The van der Waals surface area contributed by atoms with E-state index in [1.54, 1.807) is 6.08 Å². The summed E-state index contributed by atoms with van der Waals surface area (Å²) < 4.78 is 35.9. The zero-order valence-electron chi connectivity index (χ0n) is 12.0. The number of carbonyl (C=O) groups excluding carboxylic acids is 3. The van der Waals surface area contributed by atoms with Crippen molar-refractivity contribution in [2.75, 3.05) is 13.1 Å². The van der Waals surface area contributed by atoms with Gasteiger partial charge < -0.3 is 5.32 Å². The van der Waals surface area contributed by atoms with Crippen molar-refractivity contribution in [1.82, 2.24) is 10.2 Å². The predicted octanol–water partition coefficient (Wildman–Crippen LogP) is 3.02. The Morgan fingerprint density at radius 3 is 2.71 bits per heavy atom. The Hall–Kier alpha value is -2.07. The summed E-state index contributed by atoms with van der Waals surface area (Å²) >= 11 is 2.23. The fraction of sp³-hybridized carbons (Fsp3) is 0.214. The molecule has 0 spiro atoms. The molecule has 1 N–H and O–H groups in total. The Morgan fingerprint density at radius 2 is 2.08 bits per heavy atom. The van der Waals surface area contributed by atoms with Crippen molar-refractivity contribution in [3.8, 4) is 0 Å². The molecule has 2 heterocycles. The van der Waals surface area contributed by atoms with Crippen LogP contribution in [-0.2, 0) is 9.59 Å². The molecule has 0 aromatic carbocycles. The lowest BCUT2D eigenvalue weighted by molar-refractivity contribution is -0.165. The van der Waals surface area contributed by atoms with E-state index in [4.69, 9.17) is 0 Å². The monoisotopic (exact) mass is 376 g/mol. The van der Waals surface area contributed by atoms with E-state index in [2.05, 4.69) is 5.32 Å². The molecule has 0 saturated carbocycles. The van der Waals surface area contributed by atoms with Crippen molar-refractivity contribution >= 4 is 46.1 Å². The summed E-state index contributed by atoms with van der Waals surface area (Å²) in [5.41, 5.74) is 0. The SMILES string of the molecule is O=C1S/C(=C\c2cccs2)C(=O)N1CCN/C=C/C(=O)C(F)(F)F. The van der Waals surface area contributed by atoms with Crippen LogP contribution in [-0.4, -0.2) is 41.1 Å². The second-order valence-corrected chi connectivity index (χ2v) is 6.47. The van der Waals surface area contributed by atoms with Gasteiger partial charge in [-0.2, -0.15) is 13.2 Å². The van der Waals surface area contributed by atoms with E-state index in [1.165, 1.54) is 11.3 Å². The molecule has 1 fully saturated rings. The van der Waals surface area contributed by atoms with E-state index in [0.717, 1.165) is 27.7 Å². The largest absolute Gasteiger partial charge is 0.454 e. The summed E-state index contributed by atoms with van der Waals surface area (Å²) in [6, 6.07) is 3.63. The number of hydrogen-bond donors (Lipinski definition) is 1. The first-order valence-corrected chi connectivity index (χ1v) is 8.28. The Kier molecular flexibility index (Phi) is 5.84. The van der Waals surface area contributed by atoms with Crippen LogP contribution < -0.4 is 5.32 Å². The maximum absolute atomic E-state index is 12.1. The van der Waals surface area contributed by atoms with E-state index in [9.17, 15) is 27.6 Å². The molecule has 128 valence electrons. The van der Waals surface area contributed by atoms with Gasteiger partial charge in [-0.05, 0) is 29.3 Å². The second-order valence-electron chi connectivity index (χ2n) is 4.50. The summed E-state index contributed by atoms with van der Waals surface area (Å²) in [7, 11) is 0. The van der Waals surface area contributed by atoms with E-state index >= 15 is 0 Å². The Balaban J connectivity index is 1.85. The number of alkyl halides is 3. The van der Waals surface area contributed by atoms with Crippen LogP contribution in [0.2, 0.25) is 0 Å². The molecule has 2 rings (SSSR count). The summed E-state index contributed by atoms with van der Waals surface area (Å²) in [6.07, 6.45) is -2.11. The maximum atomic E-state index is 12.1. The molecule has 1 aliphatic heterocycles. The second kappa shape index (κ2) is 7.67. The highest BCUT2D eigenvalue weighted by atomic mass is 32.2. The summed E-state index contributed by atoms with van der Waals surface area (Å²) in [4.78, 5) is 36.7. The summed E-state index contributed by atoms with van der Waals surface area (Å²) in [5, 5.41) is 3.84. The number of imide groups is 1. The van der Waals surface area contributed by atoms with Crippen LogP contribution >= 0.6 is 23.1 Å². The van der Waals surface area contributed by atoms with Crippen molar-refractivity contribution in [1.29, 1.82) is 0 Å². The van der Waals surface area contributed by atoms with Gasteiger partial charge in [-0.3, -0.25) is 19.3 Å². The van der Waals surface area contributed by atoms with Gasteiger partial charge in [0.05, 0.1) is 4.91 Å². The van der Waals surface area contributed by atoms with E-state index < -0.39 is 23.1 Å². The number of thioether (sulfide) groups is 1. The Bertz CT molecular complexity index is 697. The Morgan fingerprint density at radius 1 is 1.33 bits per heavy atom. The van der Waals surface area contributed by atoms with Crippen LogP contribution in [0.15, 0.2) is 34.7 Å². The molecular weight excluding hydrogens is 365 g/mol. The summed E-state index contributed by atoms with van der Waals surface area (Å²) in [5.74, 6) is -2.43. The molecule has 1 aliphatic rings. The molecule has 2 amide bonds. The van der Waals surface area contributed by atoms with Crippen molar-refractivity contribution in [3.63, 3.8) is 0 Å². The number of ketones is 1. The smallest absolute Gasteiger partial charge is 0.389 e. The van der Waals surface area contributed by atoms with Crippen molar-refractivity contribution in [3.05, 3.63) is 39.6 Å². The Labute approximate surface area is 143 Å². The average molecular weight is 376 g/mol. The van der Waals surface area contributed by atoms with Gasteiger partial charge in [-0.1, -0.05) is 6.07 Å². The van der Waals surface area contributed by atoms with Crippen molar-refractivity contribution in [2.45, 2.75) is 6.18 Å². The highest BCUT2D eigenvalue weighted by molar-refractivity contribution is 8.18. The van der Waals surface area contributed by atoms with Gasteiger partial charge in [0.2, 0.25) is 0 Å². The molecule has 5 nitrogen and oxygen atoms in total. The topological polar surface area (TPSA) is 66.5 Å². The minimum atomic E-state index is -4.92. The van der Waals surface area contributed by atoms with E-state index in [0.29, 0.717) is 11.0 Å². The number of amides is 2. The molecule has 1 saturated heterocycles. The molecular formula is C14H11F3N2O3S2. The van der Waals surface area contributed by atoms with Crippen LogP contribution in [0, 0.1) is 0 Å². The van der Waals surface area contributed by atoms with Gasteiger partial charge in [0, 0.05) is 30.2 Å². The molecule has 0 bridgehead atoms. The number of hydrogen-bond acceptors (Lipinski definition) is 6. The van der Waals surface area contributed by atoms with Crippen molar-refractivity contribution in [2.24, 2.45) is 0 Å². The lowest BCUT2D eigenvalue weighted by atomic mass is 10.3. The zero-order valence-corrected chi connectivity index (χ0v) is 13.6. The van der Waals surface area contributed by atoms with Gasteiger partial charge in [-0.25, -0.2) is 0 Å². The van der Waals surface area contributed by atoms with E-state index in [1.807, 2.05) is 17.5 Å². The molecule has 1 aromatic heterocycles. The quantitative estimate of drug-likeness (QED) is 0.611. The molecule has 0 unspecified atom stereocenters. The number of nitrogens with one attached hydrogen (secondary N) is 1. The zero-order chi connectivity index (χ0) is 17.7. The average Bonchev–Trinajstić information content (AvgIpc) is 3.09. The predicted molar refractivity (Wildman–Crippen MR) is 85.2 cm³/mol. The first-order valence-electron chi connectivity index (χ1n) is 6.59. The van der Waals surface area contributed by atoms with Crippen molar-refractivity contribution < 1.29 is 27.6 Å². The van der Waals surface area contributed by atoms with Gasteiger partial charge in [0.1, 0.15) is 0 Å². The highest BCUT2D eigenvalue weighted by Gasteiger charge is 2.36. The lowest BCUT2D eigenvalue weighted by Crippen LogP contribution is -2.34. The molecule has 1 aromatic rings. The fourth-order valence-corrected chi connectivity index (χ4v) is 3.27. The maximum Gasteiger partial charge on any atom is 0.454 e. The van der Waals surface area contributed by atoms with Gasteiger partial charge >= 0.3 is 6.18 Å². The number of nitrogens with zero attached hydrogens (tertiary/aromatic N) is 1. The number of rotatable bonds is 6. The third-order valence-electron chi connectivity index (χ3n) is 2.80. The van der Waals surface area contributed by atoms with Crippen LogP contribution in [0.3, 0.4) is 0 Å². The molecule has 10 heteroatoms. The van der Waals surface area contributed by atoms with Crippen LogP contribution in [0.1, 0.15) is 4.88 Å². The number of halogens is 3. The normalized spacial score (nSPS) is 17.3. The molecule has 0 atom stereocenters. The minimum absolute atomic E-state index is 0.0169. The van der Waals surface area contributed by atoms with Crippen LogP contribution in [0.4, 0.5) is 18.0 Å². The standard InChI is InChI=1S/C14H11F3N2O3S2/c15-14(16,17)11(20)3-4-18-5-6-19-12(21)10(24-13(19)22)8-9-2-1-7-23-9/h1-4,7-8,18H,5-6H2/b4-3+,10-8-. The van der Waals surface area contributed by atoms with Crippen LogP contribution in [0.25, 0.3) is 6.08 Å². The molecule has 24 heavy (non-hydrogen) atoms. The first-order chi connectivity index (χ1) is 11.3. The molecule has 0 aliphatic carbocycles. The van der Waals surface area contributed by atoms with Gasteiger partial charge in [0.25, 0.3) is 16.9 Å². The van der Waals surface area contributed by atoms with Gasteiger partial charge in [0.15, 0.2) is 0 Å². The number of carbonyl (C=O) groups is 3.